The molecule has 16 heavy (non-hydrogen) atoms. The van der Waals surface area contributed by atoms with E-state index in [2.05, 4.69) is 10.6 Å². The Morgan fingerprint density at radius 1 is 1.50 bits per heavy atom. The topological polar surface area (TPSA) is 111 Å². The van der Waals surface area contributed by atoms with Crippen LogP contribution in [0.15, 0.2) is 0 Å². The number of aliphatic hydroxyl groups is 1. The van der Waals surface area contributed by atoms with Crippen molar-refractivity contribution >= 4 is 6.03 Å². The van der Waals surface area contributed by atoms with Crippen molar-refractivity contribution < 1.29 is 24.9 Å². The van der Waals surface area contributed by atoms with E-state index in [1.807, 2.05) is 0 Å². The largest absolute Gasteiger partial charge is 0.412 e. The first-order chi connectivity index (χ1) is 7.06. The van der Waals surface area contributed by atoms with E-state index in [0.717, 1.165) is 0 Å². The van der Waals surface area contributed by atoms with Crippen molar-refractivity contribution in [3.05, 3.63) is 0 Å². The molecule has 2 amide bonds. The van der Waals surface area contributed by atoms with Gasteiger partial charge in [-0.3, -0.25) is 0 Å². The molecule has 0 spiro atoms. The van der Waals surface area contributed by atoms with Crippen LogP contribution in [0.3, 0.4) is 0 Å². The third kappa shape index (κ3) is 11.2. The zero-order valence-electron chi connectivity index (χ0n) is 9.95. The second-order valence-electron chi connectivity index (χ2n) is 3.30. The Bertz CT molecular complexity index is 175. The van der Waals surface area contributed by atoms with Gasteiger partial charge in [-0.25, -0.2) is 4.79 Å². The molecule has 1 aliphatic rings. The molecular weight excluding hydrogens is 216 g/mol. The van der Waals surface area contributed by atoms with Crippen molar-refractivity contribution in [2.75, 3.05) is 26.9 Å². The standard InChI is InChI=1S/C6H12N2O3.C3H8O.H2O/c1-10-2-3-11-5-4-7-6(9)8-5;1-3(2)4;/h5H,2-4H2,1H3,(H2,7,8,9);3-4H,1-2H3;1H2. The van der Waals surface area contributed by atoms with Gasteiger partial charge < -0.3 is 30.7 Å². The first-order valence-electron chi connectivity index (χ1n) is 4.89. The van der Waals surface area contributed by atoms with Crippen LogP contribution in [0.5, 0.6) is 0 Å². The molecule has 7 nitrogen and oxygen atoms in total. The van der Waals surface area contributed by atoms with Gasteiger partial charge in [-0.05, 0) is 13.8 Å². The number of nitrogens with one attached hydrogen (secondary N) is 2. The minimum Gasteiger partial charge on any atom is -0.412 e. The lowest BCUT2D eigenvalue weighted by molar-refractivity contribution is 0.0183. The lowest BCUT2D eigenvalue weighted by Gasteiger charge is -2.08. The van der Waals surface area contributed by atoms with Gasteiger partial charge in [0.25, 0.3) is 0 Å². The summed E-state index contributed by atoms with van der Waals surface area (Å²) in [6.45, 7) is 5.03. The van der Waals surface area contributed by atoms with Crippen molar-refractivity contribution in [2.45, 2.75) is 26.2 Å². The molecule has 1 atom stereocenters. The Morgan fingerprint density at radius 3 is 2.44 bits per heavy atom. The molecule has 1 saturated heterocycles. The summed E-state index contributed by atoms with van der Waals surface area (Å²) >= 11 is 0. The highest BCUT2D eigenvalue weighted by molar-refractivity contribution is 5.76. The summed E-state index contributed by atoms with van der Waals surface area (Å²) in [6.07, 6.45) is -0.363. The van der Waals surface area contributed by atoms with Crippen LogP contribution in [0, 0.1) is 0 Å². The number of ether oxygens (including phenoxy) is 2. The average Bonchev–Trinajstić information content (AvgIpc) is 2.51. The summed E-state index contributed by atoms with van der Waals surface area (Å²) in [4.78, 5) is 10.6. The van der Waals surface area contributed by atoms with Crippen molar-refractivity contribution in [3.8, 4) is 0 Å². The molecule has 0 radical (unpaired) electrons. The van der Waals surface area contributed by atoms with E-state index in [9.17, 15) is 4.79 Å². The molecule has 0 aromatic carbocycles. The lowest BCUT2D eigenvalue weighted by Crippen LogP contribution is -2.30. The molecule has 0 saturated carbocycles. The number of methoxy groups -OCH3 is 1. The minimum atomic E-state index is -0.197. The highest BCUT2D eigenvalue weighted by Crippen LogP contribution is 1.91. The van der Waals surface area contributed by atoms with Gasteiger partial charge in [0, 0.05) is 13.2 Å². The maximum atomic E-state index is 10.6. The number of rotatable bonds is 4. The Balaban J connectivity index is 0. The summed E-state index contributed by atoms with van der Waals surface area (Å²) in [6, 6.07) is -0.174. The van der Waals surface area contributed by atoms with E-state index in [1.54, 1.807) is 21.0 Å². The summed E-state index contributed by atoms with van der Waals surface area (Å²) in [7, 11) is 1.61. The molecule has 0 aliphatic carbocycles. The normalized spacial score (nSPS) is 18.1. The number of aliphatic hydroxyl groups excluding tert-OH is 1. The van der Waals surface area contributed by atoms with E-state index in [4.69, 9.17) is 14.6 Å². The molecule has 98 valence electrons. The predicted molar refractivity (Wildman–Crippen MR) is 59.1 cm³/mol. The number of urea groups is 1. The predicted octanol–water partition coefficient (Wildman–Crippen LogP) is -1.15. The van der Waals surface area contributed by atoms with Crippen molar-refractivity contribution in [1.29, 1.82) is 0 Å². The number of hydrogen-bond donors (Lipinski definition) is 3. The summed E-state index contributed by atoms with van der Waals surface area (Å²) < 4.78 is 9.96. The van der Waals surface area contributed by atoms with Crippen LogP contribution in [0.1, 0.15) is 13.8 Å². The number of carbonyl (C=O) groups excluding carboxylic acids is 1. The van der Waals surface area contributed by atoms with Crippen LogP contribution >= 0.6 is 0 Å². The highest BCUT2D eigenvalue weighted by atomic mass is 16.5. The molecular formula is C9H22N2O5. The van der Waals surface area contributed by atoms with E-state index in [0.29, 0.717) is 19.8 Å². The van der Waals surface area contributed by atoms with E-state index < -0.39 is 0 Å². The zero-order chi connectivity index (χ0) is 11.7. The Hall–Kier alpha value is -0.890. The quantitative estimate of drug-likeness (QED) is 0.537. The van der Waals surface area contributed by atoms with Crippen LogP contribution < -0.4 is 10.6 Å². The number of amides is 2. The van der Waals surface area contributed by atoms with E-state index in [1.165, 1.54) is 0 Å². The second-order valence-corrected chi connectivity index (χ2v) is 3.30. The first kappa shape index (κ1) is 17.5. The van der Waals surface area contributed by atoms with Gasteiger partial charge in [-0.1, -0.05) is 0 Å². The fourth-order valence-corrected chi connectivity index (χ4v) is 0.808. The summed E-state index contributed by atoms with van der Waals surface area (Å²) in [5, 5.41) is 13.2. The summed E-state index contributed by atoms with van der Waals surface area (Å²) in [5.74, 6) is 0. The van der Waals surface area contributed by atoms with Crippen molar-refractivity contribution in [1.82, 2.24) is 10.6 Å². The third-order valence-electron chi connectivity index (χ3n) is 1.35. The molecule has 1 fully saturated rings. The number of carbonyl (C=O) groups is 1. The molecule has 0 aromatic heterocycles. The molecule has 1 heterocycles. The van der Waals surface area contributed by atoms with Gasteiger partial charge in [-0.2, -0.15) is 0 Å². The summed E-state index contributed by atoms with van der Waals surface area (Å²) in [5.41, 5.74) is 0. The monoisotopic (exact) mass is 238 g/mol. The van der Waals surface area contributed by atoms with Crippen LogP contribution in [0.2, 0.25) is 0 Å². The fourth-order valence-electron chi connectivity index (χ4n) is 0.808. The Kier molecular flexibility index (Phi) is 11.6. The third-order valence-corrected chi connectivity index (χ3v) is 1.35. The van der Waals surface area contributed by atoms with Gasteiger partial charge in [-0.15, -0.1) is 0 Å². The van der Waals surface area contributed by atoms with Gasteiger partial charge in [0.2, 0.25) is 0 Å². The van der Waals surface area contributed by atoms with E-state index in [-0.39, 0.29) is 23.8 Å². The van der Waals surface area contributed by atoms with E-state index >= 15 is 0 Å². The molecule has 0 bridgehead atoms. The lowest BCUT2D eigenvalue weighted by atomic mass is 10.5. The number of hydrogen-bond acceptors (Lipinski definition) is 4. The highest BCUT2D eigenvalue weighted by Gasteiger charge is 2.19. The SMILES string of the molecule is CC(C)O.COCCOC1CNC(=O)N1.O. The van der Waals surface area contributed by atoms with Crippen LogP contribution in [-0.2, 0) is 9.47 Å². The second kappa shape index (κ2) is 10.6. The fraction of sp³-hybridized carbons (Fsp3) is 0.889. The van der Waals surface area contributed by atoms with Crippen LogP contribution in [0.4, 0.5) is 4.79 Å². The van der Waals surface area contributed by atoms with Gasteiger partial charge in [0.15, 0.2) is 0 Å². The molecule has 0 aromatic rings. The smallest absolute Gasteiger partial charge is 0.317 e. The van der Waals surface area contributed by atoms with Gasteiger partial charge >= 0.3 is 6.03 Å². The molecule has 1 rings (SSSR count). The van der Waals surface area contributed by atoms with Gasteiger partial charge in [0.05, 0.1) is 19.8 Å². The average molecular weight is 238 g/mol. The maximum Gasteiger partial charge on any atom is 0.317 e. The minimum absolute atomic E-state index is 0. The first-order valence-corrected chi connectivity index (χ1v) is 4.89. The Labute approximate surface area is 95.4 Å². The molecule has 1 unspecified atom stereocenters. The Morgan fingerprint density at radius 2 is 2.06 bits per heavy atom. The molecule has 1 aliphatic heterocycles. The van der Waals surface area contributed by atoms with Crippen LogP contribution in [-0.4, -0.2) is 55.8 Å². The van der Waals surface area contributed by atoms with Crippen molar-refractivity contribution in [3.63, 3.8) is 0 Å². The zero-order valence-corrected chi connectivity index (χ0v) is 9.95. The van der Waals surface area contributed by atoms with Gasteiger partial charge in [0.1, 0.15) is 6.23 Å². The molecule has 7 heteroatoms. The molecule has 5 N–H and O–H groups in total. The van der Waals surface area contributed by atoms with Crippen LogP contribution in [0.25, 0.3) is 0 Å². The maximum absolute atomic E-state index is 10.6. The van der Waals surface area contributed by atoms with Crippen molar-refractivity contribution in [2.24, 2.45) is 0 Å².